The summed E-state index contributed by atoms with van der Waals surface area (Å²) in [5, 5.41) is 7.23. The van der Waals surface area contributed by atoms with Crippen LogP contribution in [-0.4, -0.2) is 11.1 Å². The summed E-state index contributed by atoms with van der Waals surface area (Å²) in [4.78, 5) is 12.3. The molecule has 1 amide bonds. The molecule has 0 atom stereocenters. The number of benzene rings is 2. The molecule has 3 rings (SSSR count). The summed E-state index contributed by atoms with van der Waals surface area (Å²) in [6.45, 7) is 0. The van der Waals surface area contributed by atoms with Crippen LogP contribution < -0.4 is 5.32 Å². The summed E-state index contributed by atoms with van der Waals surface area (Å²) in [7, 11) is 0. The highest BCUT2D eigenvalue weighted by Gasteiger charge is 2.17. The molecule has 1 N–H and O–H groups in total. The van der Waals surface area contributed by atoms with Crippen molar-refractivity contribution in [3.05, 3.63) is 71.4 Å². The predicted octanol–water partition coefficient (Wildman–Crippen LogP) is 4.25. The largest absolute Gasteiger partial charge is 0.363 e. The Balaban J connectivity index is 1.88. The van der Waals surface area contributed by atoms with E-state index >= 15 is 0 Å². The van der Waals surface area contributed by atoms with Gasteiger partial charge in [-0.3, -0.25) is 4.79 Å². The van der Waals surface area contributed by atoms with E-state index in [1.807, 2.05) is 30.3 Å². The van der Waals surface area contributed by atoms with Crippen LogP contribution in [0.2, 0.25) is 5.02 Å². The Morgan fingerprint density at radius 2 is 1.90 bits per heavy atom. The predicted molar refractivity (Wildman–Crippen MR) is 81.3 cm³/mol. The van der Waals surface area contributed by atoms with E-state index in [1.54, 1.807) is 24.3 Å². The van der Waals surface area contributed by atoms with Crippen LogP contribution in [0.5, 0.6) is 0 Å². The van der Waals surface area contributed by atoms with Crippen molar-refractivity contribution < 1.29 is 9.32 Å². The number of anilines is 1. The molecular formula is C16H11ClN2O2. The van der Waals surface area contributed by atoms with Crippen molar-refractivity contribution in [1.29, 1.82) is 0 Å². The van der Waals surface area contributed by atoms with E-state index in [4.69, 9.17) is 16.1 Å². The Morgan fingerprint density at radius 1 is 1.10 bits per heavy atom. The molecular weight excluding hydrogens is 288 g/mol. The van der Waals surface area contributed by atoms with Gasteiger partial charge in [0.15, 0.2) is 0 Å². The average Bonchev–Trinajstić information content (AvgIpc) is 2.98. The quantitative estimate of drug-likeness (QED) is 0.786. The van der Waals surface area contributed by atoms with Crippen LogP contribution in [0.3, 0.4) is 0 Å². The minimum Gasteiger partial charge on any atom is -0.363 e. The minimum absolute atomic E-state index is 0.294. The Labute approximate surface area is 126 Å². The first-order chi connectivity index (χ1) is 10.2. The Kier molecular flexibility index (Phi) is 3.71. The van der Waals surface area contributed by atoms with Crippen LogP contribution in [0, 0.1) is 0 Å². The van der Waals surface area contributed by atoms with Gasteiger partial charge in [-0.15, -0.1) is 0 Å². The van der Waals surface area contributed by atoms with Gasteiger partial charge in [0.05, 0.1) is 0 Å². The maximum Gasteiger partial charge on any atom is 0.261 e. The van der Waals surface area contributed by atoms with E-state index < -0.39 is 0 Å². The van der Waals surface area contributed by atoms with Crippen molar-refractivity contribution in [2.45, 2.75) is 0 Å². The summed E-state index contributed by atoms with van der Waals surface area (Å²) >= 11 is 5.90. The molecule has 1 heterocycles. The highest BCUT2D eigenvalue weighted by Crippen LogP contribution is 2.23. The Bertz CT molecular complexity index is 769. The van der Waals surface area contributed by atoms with E-state index in [9.17, 15) is 4.79 Å². The van der Waals surface area contributed by atoms with Gasteiger partial charge in [-0.1, -0.05) is 53.2 Å². The van der Waals surface area contributed by atoms with Gasteiger partial charge < -0.3 is 9.84 Å². The number of aromatic nitrogens is 1. The fourth-order valence-corrected chi connectivity index (χ4v) is 2.16. The van der Waals surface area contributed by atoms with E-state index in [0.29, 0.717) is 22.0 Å². The number of carbonyl (C=O) groups excluding carboxylic acids is 1. The lowest BCUT2D eigenvalue weighted by atomic mass is 10.1. The van der Waals surface area contributed by atoms with E-state index in [1.165, 1.54) is 6.26 Å². The topological polar surface area (TPSA) is 55.1 Å². The van der Waals surface area contributed by atoms with E-state index in [2.05, 4.69) is 10.5 Å². The van der Waals surface area contributed by atoms with Gasteiger partial charge in [0.2, 0.25) is 0 Å². The van der Waals surface area contributed by atoms with E-state index in [-0.39, 0.29) is 5.91 Å². The van der Waals surface area contributed by atoms with Crippen LogP contribution in [0.15, 0.2) is 65.4 Å². The fourth-order valence-electron chi connectivity index (χ4n) is 1.97. The van der Waals surface area contributed by atoms with Gasteiger partial charge in [-0.05, 0) is 18.2 Å². The van der Waals surface area contributed by atoms with Gasteiger partial charge in [0.1, 0.15) is 17.5 Å². The zero-order valence-corrected chi connectivity index (χ0v) is 11.7. The second-order valence-corrected chi connectivity index (χ2v) is 4.84. The SMILES string of the molecule is O=C(Nc1cccc(Cl)c1)c1conc1-c1ccccc1. The molecule has 2 aromatic carbocycles. The van der Waals surface area contributed by atoms with Crippen molar-refractivity contribution in [3.8, 4) is 11.3 Å². The van der Waals surface area contributed by atoms with Crippen LogP contribution in [-0.2, 0) is 0 Å². The first kappa shape index (κ1) is 13.4. The molecule has 0 aliphatic heterocycles. The number of hydrogen-bond donors (Lipinski definition) is 1. The van der Waals surface area contributed by atoms with Crippen molar-refractivity contribution >= 4 is 23.2 Å². The number of nitrogens with zero attached hydrogens (tertiary/aromatic N) is 1. The molecule has 1 aromatic heterocycles. The first-order valence-corrected chi connectivity index (χ1v) is 6.68. The van der Waals surface area contributed by atoms with Crippen LogP contribution in [0.25, 0.3) is 11.3 Å². The third kappa shape index (κ3) is 2.95. The monoisotopic (exact) mass is 298 g/mol. The number of nitrogens with one attached hydrogen (secondary N) is 1. The average molecular weight is 299 g/mol. The van der Waals surface area contributed by atoms with E-state index in [0.717, 1.165) is 5.56 Å². The maximum absolute atomic E-state index is 12.3. The van der Waals surface area contributed by atoms with Gasteiger partial charge in [0.25, 0.3) is 5.91 Å². The lowest BCUT2D eigenvalue weighted by molar-refractivity contribution is 0.102. The third-order valence-electron chi connectivity index (χ3n) is 2.94. The van der Waals surface area contributed by atoms with Gasteiger partial charge in [0, 0.05) is 16.3 Å². The third-order valence-corrected chi connectivity index (χ3v) is 3.18. The fraction of sp³-hybridized carbons (Fsp3) is 0. The smallest absolute Gasteiger partial charge is 0.261 e. The summed E-state index contributed by atoms with van der Waals surface area (Å²) in [6.07, 6.45) is 1.34. The molecule has 0 radical (unpaired) electrons. The normalized spacial score (nSPS) is 10.3. The second-order valence-electron chi connectivity index (χ2n) is 4.41. The first-order valence-electron chi connectivity index (χ1n) is 6.31. The molecule has 21 heavy (non-hydrogen) atoms. The molecule has 104 valence electrons. The maximum atomic E-state index is 12.3. The molecule has 0 aliphatic carbocycles. The van der Waals surface area contributed by atoms with Crippen LogP contribution in [0.4, 0.5) is 5.69 Å². The zero-order chi connectivity index (χ0) is 14.7. The molecule has 0 aliphatic rings. The van der Waals surface area contributed by atoms with Crippen LogP contribution >= 0.6 is 11.6 Å². The molecule has 0 saturated carbocycles. The van der Waals surface area contributed by atoms with Crippen molar-refractivity contribution in [1.82, 2.24) is 5.16 Å². The Morgan fingerprint density at radius 3 is 2.67 bits per heavy atom. The van der Waals surface area contributed by atoms with Gasteiger partial charge >= 0.3 is 0 Å². The number of carbonyl (C=O) groups is 1. The minimum atomic E-state index is -0.294. The van der Waals surface area contributed by atoms with Crippen molar-refractivity contribution in [2.75, 3.05) is 5.32 Å². The zero-order valence-electron chi connectivity index (χ0n) is 10.9. The molecule has 0 spiro atoms. The lowest BCUT2D eigenvalue weighted by Gasteiger charge is -2.05. The summed E-state index contributed by atoms with van der Waals surface area (Å²) in [5.74, 6) is -0.294. The summed E-state index contributed by atoms with van der Waals surface area (Å²) in [6, 6.07) is 16.3. The summed E-state index contributed by atoms with van der Waals surface area (Å²) < 4.78 is 4.95. The molecule has 3 aromatic rings. The molecule has 4 nitrogen and oxygen atoms in total. The summed E-state index contributed by atoms with van der Waals surface area (Å²) in [5.41, 5.74) is 2.33. The molecule has 0 fully saturated rings. The van der Waals surface area contributed by atoms with Crippen molar-refractivity contribution in [2.24, 2.45) is 0 Å². The second kappa shape index (κ2) is 5.81. The van der Waals surface area contributed by atoms with Crippen LogP contribution in [0.1, 0.15) is 10.4 Å². The number of rotatable bonds is 3. The lowest BCUT2D eigenvalue weighted by Crippen LogP contribution is -2.12. The highest BCUT2D eigenvalue weighted by atomic mass is 35.5. The van der Waals surface area contributed by atoms with Gasteiger partial charge in [-0.2, -0.15) is 0 Å². The highest BCUT2D eigenvalue weighted by molar-refractivity contribution is 6.31. The number of hydrogen-bond acceptors (Lipinski definition) is 3. The molecule has 0 saturated heterocycles. The molecule has 5 heteroatoms. The molecule has 0 unspecified atom stereocenters. The number of amides is 1. The van der Waals surface area contributed by atoms with Crippen molar-refractivity contribution in [3.63, 3.8) is 0 Å². The molecule has 0 bridgehead atoms. The standard InChI is InChI=1S/C16H11ClN2O2/c17-12-7-4-8-13(9-12)18-16(20)14-10-21-19-15(14)11-5-2-1-3-6-11/h1-10H,(H,18,20). The Hall–Kier alpha value is -2.59. The number of halogens is 1. The van der Waals surface area contributed by atoms with Gasteiger partial charge in [-0.25, -0.2) is 0 Å².